The second-order valence-electron chi connectivity index (χ2n) is 6.65. The summed E-state index contributed by atoms with van der Waals surface area (Å²) in [5.74, 6) is 0.571. The third kappa shape index (κ3) is 3.60. The normalized spacial score (nSPS) is 18.9. The van der Waals surface area contributed by atoms with Crippen molar-refractivity contribution in [2.75, 3.05) is 37.7 Å². The standard InChI is InChI=1S/C19H22N4O3S2/c1-4-5-23-18(25)15(28-19(23)27)10-13-12(2)14(11-20)17(24)21(3)16(13)22-6-8-26-9-7-22/h10H,4-9H2,1-3H3/b15-10+. The second kappa shape index (κ2) is 8.47. The molecular formula is C19H22N4O3S2. The molecule has 0 bridgehead atoms. The number of hydrogen-bond donors (Lipinski definition) is 0. The number of morpholine rings is 1. The molecule has 28 heavy (non-hydrogen) atoms. The fourth-order valence-corrected chi connectivity index (χ4v) is 4.71. The average Bonchev–Trinajstić information content (AvgIpc) is 2.95. The molecule has 0 radical (unpaired) electrons. The number of thiocarbonyl (C=S) groups is 1. The summed E-state index contributed by atoms with van der Waals surface area (Å²) >= 11 is 6.61. The van der Waals surface area contributed by atoms with Crippen LogP contribution in [-0.2, 0) is 16.6 Å². The van der Waals surface area contributed by atoms with E-state index >= 15 is 0 Å². The van der Waals surface area contributed by atoms with Crippen molar-refractivity contribution in [2.24, 2.45) is 7.05 Å². The predicted octanol–water partition coefficient (Wildman–Crippen LogP) is 2.01. The number of thioether (sulfide) groups is 1. The van der Waals surface area contributed by atoms with E-state index < -0.39 is 0 Å². The summed E-state index contributed by atoms with van der Waals surface area (Å²) in [5, 5.41) is 9.50. The van der Waals surface area contributed by atoms with E-state index in [9.17, 15) is 14.9 Å². The van der Waals surface area contributed by atoms with E-state index in [4.69, 9.17) is 17.0 Å². The van der Waals surface area contributed by atoms with Crippen LogP contribution in [0.2, 0.25) is 0 Å². The first kappa shape index (κ1) is 20.6. The van der Waals surface area contributed by atoms with E-state index in [1.165, 1.54) is 16.3 Å². The summed E-state index contributed by atoms with van der Waals surface area (Å²) in [5.41, 5.74) is 1.04. The van der Waals surface area contributed by atoms with Crippen molar-refractivity contribution in [1.29, 1.82) is 5.26 Å². The summed E-state index contributed by atoms with van der Waals surface area (Å²) in [7, 11) is 1.66. The SMILES string of the molecule is CCCN1C(=O)/C(=C\c2c(C)c(C#N)c(=O)n(C)c2N2CCOCC2)SC1=S. The lowest BCUT2D eigenvalue weighted by Gasteiger charge is -2.32. The van der Waals surface area contributed by atoms with Gasteiger partial charge in [0, 0.05) is 32.2 Å². The van der Waals surface area contributed by atoms with Gasteiger partial charge in [-0.3, -0.25) is 19.1 Å². The first-order valence-corrected chi connectivity index (χ1v) is 10.3. The Balaban J connectivity index is 2.18. The molecule has 2 aliphatic rings. The van der Waals surface area contributed by atoms with Crippen molar-refractivity contribution in [1.82, 2.24) is 9.47 Å². The predicted molar refractivity (Wildman–Crippen MR) is 114 cm³/mol. The van der Waals surface area contributed by atoms with Gasteiger partial charge in [0.05, 0.1) is 18.1 Å². The van der Waals surface area contributed by atoms with Crippen LogP contribution in [0, 0.1) is 18.3 Å². The summed E-state index contributed by atoms with van der Waals surface area (Å²) < 4.78 is 7.46. The van der Waals surface area contributed by atoms with Gasteiger partial charge in [-0.25, -0.2) is 0 Å². The number of amides is 1. The quantitative estimate of drug-likeness (QED) is 0.547. The number of anilines is 1. The van der Waals surface area contributed by atoms with E-state index in [2.05, 4.69) is 4.90 Å². The molecule has 1 aromatic heterocycles. The molecule has 1 aromatic rings. The number of nitrogens with zero attached hydrogens (tertiary/aromatic N) is 4. The molecular weight excluding hydrogens is 396 g/mol. The number of hydrogen-bond acceptors (Lipinski definition) is 7. The van der Waals surface area contributed by atoms with Crippen LogP contribution in [0.3, 0.4) is 0 Å². The summed E-state index contributed by atoms with van der Waals surface area (Å²) in [6.07, 6.45) is 2.59. The molecule has 0 aliphatic carbocycles. The van der Waals surface area contributed by atoms with E-state index in [1.807, 2.05) is 13.0 Å². The van der Waals surface area contributed by atoms with Crippen molar-refractivity contribution in [2.45, 2.75) is 20.3 Å². The molecule has 9 heteroatoms. The maximum absolute atomic E-state index is 12.8. The molecule has 148 valence electrons. The Hall–Kier alpha value is -2.15. The lowest BCUT2D eigenvalue weighted by atomic mass is 10.0. The number of ether oxygens (including phenoxy) is 1. The number of aromatic nitrogens is 1. The molecule has 7 nitrogen and oxygen atoms in total. The van der Waals surface area contributed by atoms with Crippen LogP contribution in [0.15, 0.2) is 9.70 Å². The van der Waals surface area contributed by atoms with Crippen molar-refractivity contribution in [3.05, 3.63) is 31.9 Å². The highest BCUT2D eigenvalue weighted by Gasteiger charge is 2.32. The van der Waals surface area contributed by atoms with Gasteiger partial charge in [0.1, 0.15) is 21.8 Å². The Morgan fingerprint density at radius 3 is 2.61 bits per heavy atom. The third-order valence-electron chi connectivity index (χ3n) is 4.87. The minimum atomic E-state index is -0.336. The Morgan fingerprint density at radius 1 is 1.32 bits per heavy atom. The zero-order chi connectivity index (χ0) is 20.4. The van der Waals surface area contributed by atoms with Gasteiger partial charge in [0.15, 0.2) is 0 Å². The molecule has 0 atom stereocenters. The topological polar surface area (TPSA) is 78.6 Å². The lowest BCUT2D eigenvalue weighted by Crippen LogP contribution is -2.40. The lowest BCUT2D eigenvalue weighted by molar-refractivity contribution is -0.122. The maximum Gasteiger partial charge on any atom is 0.270 e. The minimum absolute atomic E-state index is 0.0924. The average molecular weight is 419 g/mol. The molecule has 3 heterocycles. The number of carbonyl (C=O) groups is 1. The van der Waals surface area contributed by atoms with Crippen molar-refractivity contribution >= 4 is 46.1 Å². The third-order valence-corrected chi connectivity index (χ3v) is 6.25. The molecule has 1 amide bonds. The van der Waals surface area contributed by atoms with Crippen molar-refractivity contribution < 1.29 is 9.53 Å². The van der Waals surface area contributed by atoms with E-state index in [-0.39, 0.29) is 17.0 Å². The van der Waals surface area contributed by atoms with Crippen LogP contribution in [0.4, 0.5) is 5.82 Å². The highest BCUT2D eigenvalue weighted by molar-refractivity contribution is 8.26. The smallest absolute Gasteiger partial charge is 0.270 e. The first-order chi connectivity index (χ1) is 13.4. The maximum atomic E-state index is 12.8. The molecule has 2 aliphatic heterocycles. The molecule has 2 fully saturated rings. The van der Waals surface area contributed by atoms with Crippen molar-refractivity contribution in [3.8, 4) is 6.07 Å². The Bertz CT molecular complexity index is 955. The second-order valence-corrected chi connectivity index (χ2v) is 8.32. The zero-order valence-electron chi connectivity index (χ0n) is 16.2. The molecule has 3 rings (SSSR count). The molecule has 0 unspecified atom stereocenters. The summed E-state index contributed by atoms with van der Waals surface area (Å²) in [6.45, 7) is 6.72. The van der Waals surface area contributed by atoms with Crippen LogP contribution in [0.25, 0.3) is 6.08 Å². The zero-order valence-corrected chi connectivity index (χ0v) is 17.8. The number of rotatable bonds is 4. The van der Waals surface area contributed by atoms with Gasteiger partial charge in [0.25, 0.3) is 11.5 Å². The van der Waals surface area contributed by atoms with Gasteiger partial charge in [-0.2, -0.15) is 5.26 Å². The number of nitriles is 1. The fourth-order valence-electron chi connectivity index (χ4n) is 3.42. The molecule has 0 spiro atoms. The highest BCUT2D eigenvalue weighted by atomic mass is 32.2. The fraction of sp³-hybridized carbons (Fsp3) is 0.474. The Morgan fingerprint density at radius 2 is 2.00 bits per heavy atom. The number of pyridine rings is 1. The Kier molecular flexibility index (Phi) is 6.23. The van der Waals surface area contributed by atoms with Crippen LogP contribution in [-0.4, -0.2) is 52.5 Å². The van der Waals surface area contributed by atoms with E-state index in [1.54, 1.807) is 24.9 Å². The molecule has 0 saturated carbocycles. The van der Waals surface area contributed by atoms with Gasteiger partial charge < -0.3 is 9.64 Å². The van der Waals surface area contributed by atoms with E-state index in [0.29, 0.717) is 59.0 Å². The first-order valence-electron chi connectivity index (χ1n) is 9.12. The Labute approximate surface area is 173 Å². The van der Waals surface area contributed by atoms with Gasteiger partial charge in [0.2, 0.25) is 0 Å². The molecule has 0 N–H and O–H groups in total. The summed E-state index contributed by atoms with van der Waals surface area (Å²) in [6, 6.07) is 2.02. The van der Waals surface area contributed by atoms with E-state index in [0.717, 1.165) is 6.42 Å². The van der Waals surface area contributed by atoms with Gasteiger partial charge in [-0.15, -0.1) is 0 Å². The van der Waals surface area contributed by atoms with Crippen LogP contribution in [0.5, 0.6) is 0 Å². The van der Waals surface area contributed by atoms with Crippen LogP contribution < -0.4 is 10.5 Å². The van der Waals surface area contributed by atoms with Gasteiger partial charge in [-0.05, 0) is 25.0 Å². The largest absolute Gasteiger partial charge is 0.378 e. The number of carbonyl (C=O) groups excluding carboxylic acids is 1. The van der Waals surface area contributed by atoms with Gasteiger partial charge >= 0.3 is 0 Å². The molecule has 2 saturated heterocycles. The molecule has 0 aromatic carbocycles. The van der Waals surface area contributed by atoms with Crippen LogP contribution >= 0.6 is 24.0 Å². The van der Waals surface area contributed by atoms with Crippen LogP contribution in [0.1, 0.15) is 30.0 Å². The monoisotopic (exact) mass is 418 g/mol. The minimum Gasteiger partial charge on any atom is -0.378 e. The summed E-state index contributed by atoms with van der Waals surface area (Å²) in [4.78, 5) is 29.7. The van der Waals surface area contributed by atoms with Gasteiger partial charge in [-0.1, -0.05) is 30.9 Å². The highest BCUT2D eigenvalue weighted by Crippen LogP contribution is 2.35. The van der Waals surface area contributed by atoms with Crippen molar-refractivity contribution in [3.63, 3.8) is 0 Å².